The summed E-state index contributed by atoms with van der Waals surface area (Å²) in [4.78, 5) is 35.7. The lowest BCUT2D eigenvalue weighted by Gasteiger charge is -2.17. The summed E-state index contributed by atoms with van der Waals surface area (Å²) in [5.41, 5.74) is 0.0896. The third-order valence-corrected chi connectivity index (χ3v) is 3.06. The molecule has 1 heterocycles. The van der Waals surface area contributed by atoms with E-state index in [4.69, 9.17) is 4.74 Å². The van der Waals surface area contributed by atoms with E-state index in [1.807, 2.05) is 5.32 Å². The Kier molecular flexibility index (Phi) is 5.45. The maximum Gasteiger partial charge on any atom is 0.406 e. The Balaban J connectivity index is 2.26. The molecule has 2 N–H and O–H groups in total. The summed E-state index contributed by atoms with van der Waals surface area (Å²) in [6.07, 6.45) is -0.241. The molecule has 0 unspecified atom stereocenters. The quantitative estimate of drug-likeness (QED) is 0.486. The molecule has 0 spiro atoms. The van der Waals surface area contributed by atoms with Crippen molar-refractivity contribution in [3.8, 4) is 0 Å². The molecule has 1 aromatic heterocycles. The zero-order chi connectivity index (χ0) is 17.5. The van der Waals surface area contributed by atoms with E-state index in [9.17, 15) is 19.6 Å². The summed E-state index contributed by atoms with van der Waals surface area (Å²) in [5, 5.41) is 15.9. The molecule has 2 rings (SSSR count). The van der Waals surface area contributed by atoms with E-state index in [1.54, 1.807) is 30.3 Å². The van der Waals surface area contributed by atoms with Crippen LogP contribution in [0.3, 0.4) is 0 Å². The van der Waals surface area contributed by atoms with E-state index >= 15 is 0 Å². The highest BCUT2D eigenvalue weighted by molar-refractivity contribution is 5.98. The lowest BCUT2D eigenvalue weighted by Crippen LogP contribution is -2.42. The first-order valence-electron chi connectivity index (χ1n) is 6.99. The Morgan fingerprint density at radius 1 is 1.08 bits per heavy atom. The van der Waals surface area contributed by atoms with Crippen LogP contribution in [0.25, 0.3) is 0 Å². The van der Waals surface area contributed by atoms with Gasteiger partial charge in [-0.15, -0.1) is 0 Å². The molecule has 0 saturated carbocycles. The minimum atomic E-state index is -1.38. The van der Waals surface area contributed by atoms with Crippen molar-refractivity contribution in [3.05, 3.63) is 71.2 Å². The molecule has 1 aromatic carbocycles. The normalized spacial score (nSPS) is 11.2. The summed E-state index contributed by atoms with van der Waals surface area (Å²) in [5.74, 6) is -1.81. The van der Waals surface area contributed by atoms with Gasteiger partial charge in [-0.05, 0) is 6.07 Å². The lowest BCUT2D eigenvalue weighted by atomic mass is 10.1. The third-order valence-electron chi connectivity index (χ3n) is 3.06. The van der Waals surface area contributed by atoms with Gasteiger partial charge in [-0.25, -0.2) is 9.59 Å². The van der Waals surface area contributed by atoms with Crippen molar-refractivity contribution in [1.29, 1.82) is 0 Å². The monoisotopic (exact) mass is 329 g/mol. The molecule has 0 fully saturated rings. The van der Waals surface area contributed by atoms with Crippen molar-refractivity contribution in [2.24, 2.45) is 0 Å². The van der Waals surface area contributed by atoms with Crippen LogP contribution in [-0.4, -0.2) is 25.0 Å². The molecule has 24 heavy (non-hydrogen) atoms. The molecule has 124 valence electrons. The second kappa shape index (κ2) is 7.73. The number of aromatic nitrogens is 1. The van der Waals surface area contributed by atoms with Crippen molar-refractivity contribution < 1.29 is 23.9 Å². The third kappa shape index (κ3) is 4.07. The number of carbonyl (C=O) groups excluding carboxylic acids is 3. The van der Waals surface area contributed by atoms with Crippen LogP contribution < -0.4 is 15.4 Å². The summed E-state index contributed by atoms with van der Waals surface area (Å²) < 4.78 is 5.49. The predicted octanol–water partition coefficient (Wildman–Crippen LogP) is 0.674. The fourth-order valence-corrected chi connectivity index (χ4v) is 1.89. The number of nitrogens with zero attached hydrogens (tertiary/aromatic N) is 1. The average molecular weight is 329 g/mol. The standard InChI is InChI=1S/C16H15N3O5/c1-17-16(22)18-14(20)13(11-7-3-2-4-8-11)24-15(21)12-9-5-6-10-19(12)23/h2-10,13H,1H3,(H2,17,18,20,22)/t13-/m1/s1. The highest BCUT2D eigenvalue weighted by Crippen LogP contribution is 2.19. The number of esters is 1. The highest BCUT2D eigenvalue weighted by Gasteiger charge is 2.29. The number of pyridine rings is 1. The Labute approximate surface area is 137 Å². The molecule has 0 radical (unpaired) electrons. The maximum atomic E-state index is 12.2. The Morgan fingerprint density at radius 2 is 1.75 bits per heavy atom. The first kappa shape index (κ1) is 16.9. The molecule has 0 aliphatic carbocycles. The summed E-state index contributed by atoms with van der Waals surface area (Å²) >= 11 is 0. The van der Waals surface area contributed by atoms with Gasteiger partial charge in [0.05, 0.1) is 0 Å². The highest BCUT2D eigenvalue weighted by atomic mass is 16.6. The molecule has 1 atom stereocenters. The van der Waals surface area contributed by atoms with Gasteiger partial charge in [-0.1, -0.05) is 30.3 Å². The minimum absolute atomic E-state index is 0.272. The molecule has 0 bridgehead atoms. The fraction of sp³-hybridized carbons (Fsp3) is 0.125. The maximum absolute atomic E-state index is 12.2. The Morgan fingerprint density at radius 3 is 2.38 bits per heavy atom. The van der Waals surface area contributed by atoms with Gasteiger partial charge in [-0.3, -0.25) is 10.1 Å². The number of ether oxygens (including phenoxy) is 1. The van der Waals surface area contributed by atoms with E-state index in [-0.39, 0.29) is 5.69 Å². The van der Waals surface area contributed by atoms with Crippen LogP contribution in [0.1, 0.15) is 22.2 Å². The van der Waals surface area contributed by atoms with Gasteiger partial charge >= 0.3 is 17.7 Å². The smallest absolute Gasteiger partial charge is 0.406 e. The van der Waals surface area contributed by atoms with Gasteiger partial charge in [0.2, 0.25) is 6.10 Å². The summed E-state index contributed by atoms with van der Waals surface area (Å²) in [6, 6.07) is 11.6. The van der Waals surface area contributed by atoms with E-state index in [0.717, 1.165) is 6.20 Å². The number of benzene rings is 1. The molecule has 8 heteroatoms. The SMILES string of the molecule is CNC(=O)NC(=O)[C@H](OC(=O)c1cccc[n+]1[O-])c1ccccc1. The number of nitrogens with one attached hydrogen (secondary N) is 2. The zero-order valence-electron chi connectivity index (χ0n) is 12.8. The second-order valence-corrected chi connectivity index (χ2v) is 4.68. The molecule has 8 nitrogen and oxygen atoms in total. The minimum Gasteiger partial charge on any atom is -0.618 e. The van der Waals surface area contributed by atoms with Gasteiger partial charge in [0, 0.05) is 24.7 Å². The summed E-state index contributed by atoms with van der Waals surface area (Å²) in [7, 11) is 1.34. The van der Waals surface area contributed by atoms with Crippen molar-refractivity contribution in [2.75, 3.05) is 7.05 Å². The molecule has 0 saturated heterocycles. The number of amides is 3. The van der Waals surface area contributed by atoms with Crippen LogP contribution in [0.2, 0.25) is 0 Å². The molecular weight excluding hydrogens is 314 g/mol. The number of rotatable bonds is 4. The Hall–Kier alpha value is -3.42. The van der Waals surface area contributed by atoms with Gasteiger partial charge < -0.3 is 15.3 Å². The van der Waals surface area contributed by atoms with Crippen LogP contribution >= 0.6 is 0 Å². The van der Waals surface area contributed by atoms with Gasteiger partial charge in [0.25, 0.3) is 5.91 Å². The van der Waals surface area contributed by atoms with Crippen LogP contribution in [0.15, 0.2) is 54.7 Å². The molecule has 0 aliphatic heterocycles. The number of hydrogen-bond acceptors (Lipinski definition) is 5. The molecule has 2 aromatic rings. The zero-order valence-corrected chi connectivity index (χ0v) is 12.8. The average Bonchev–Trinajstić information content (AvgIpc) is 2.60. The van der Waals surface area contributed by atoms with Crippen molar-refractivity contribution >= 4 is 17.9 Å². The molecule has 3 amide bonds. The molecular formula is C16H15N3O5. The van der Waals surface area contributed by atoms with Crippen molar-refractivity contribution in [1.82, 2.24) is 10.6 Å². The Bertz CT molecular complexity index is 748. The first-order valence-corrected chi connectivity index (χ1v) is 6.99. The van der Waals surface area contributed by atoms with Crippen molar-refractivity contribution in [3.63, 3.8) is 0 Å². The lowest BCUT2D eigenvalue weighted by molar-refractivity contribution is -0.608. The second-order valence-electron chi connectivity index (χ2n) is 4.68. The topological polar surface area (TPSA) is 111 Å². The van der Waals surface area contributed by atoms with Crippen LogP contribution in [-0.2, 0) is 9.53 Å². The van der Waals surface area contributed by atoms with Gasteiger partial charge in [-0.2, -0.15) is 4.73 Å². The first-order chi connectivity index (χ1) is 11.5. The predicted molar refractivity (Wildman–Crippen MR) is 82.6 cm³/mol. The van der Waals surface area contributed by atoms with Gasteiger partial charge in [0.15, 0.2) is 6.20 Å². The fourth-order valence-electron chi connectivity index (χ4n) is 1.89. The number of imide groups is 1. The van der Waals surface area contributed by atoms with Crippen LogP contribution in [0, 0.1) is 5.21 Å². The number of carbonyl (C=O) groups is 3. The van der Waals surface area contributed by atoms with Crippen LogP contribution in [0.4, 0.5) is 4.79 Å². The van der Waals surface area contributed by atoms with E-state index in [2.05, 4.69) is 5.32 Å². The van der Waals surface area contributed by atoms with E-state index < -0.39 is 24.0 Å². The van der Waals surface area contributed by atoms with Gasteiger partial charge in [0.1, 0.15) is 0 Å². The molecule has 0 aliphatic rings. The van der Waals surface area contributed by atoms with E-state index in [1.165, 1.54) is 25.2 Å². The van der Waals surface area contributed by atoms with Crippen molar-refractivity contribution in [2.45, 2.75) is 6.10 Å². The number of hydrogen-bond donors (Lipinski definition) is 2. The van der Waals surface area contributed by atoms with E-state index in [0.29, 0.717) is 10.3 Å². The largest absolute Gasteiger partial charge is 0.618 e. The number of urea groups is 1. The summed E-state index contributed by atoms with van der Waals surface area (Å²) in [6.45, 7) is 0. The van der Waals surface area contributed by atoms with Crippen LogP contribution in [0.5, 0.6) is 0 Å².